The minimum absolute atomic E-state index is 0.240. The molecule has 0 unspecified atom stereocenters. The second-order valence-corrected chi connectivity index (χ2v) is 6.22. The SMILES string of the molecule is CC(C)CN1CC[C@@H](C(=O)N2CCNC[C@@H]2C)C1. The maximum Gasteiger partial charge on any atom is 0.227 e. The fourth-order valence-electron chi connectivity index (χ4n) is 3.12. The molecule has 1 amide bonds. The number of nitrogens with zero attached hydrogens (tertiary/aromatic N) is 2. The van der Waals surface area contributed by atoms with E-state index in [4.69, 9.17) is 0 Å². The predicted octanol–water partition coefficient (Wildman–Crippen LogP) is 0.785. The topological polar surface area (TPSA) is 35.6 Å². The number of hydrogen-bond donors (Lipinski definition) is 1. The van der Waals surface area contributed by atoms with E-state index in [0.717, 1.165) is 45.7 Å². The quantitative estimate of drug-likeness (QED) is 0.807. The van der Waals surface area contributed by atoms with E-state index in [1.165, 1.54) is 0 Å². The minimum Gasteiger partial charge on any atom is -0.337 e. The molecule has 2 fully saturated rings. The number of carbonyl (C=O) groups excluding carboxylic acids is 1. The van der Waals surface area contributed by atoms with Crippen LogP contribution in [0.1, 0.15) is 27.2 Å². The summed E-state index contributed by atoms with van der Waals surface area (Å²) in [6, 6.07) is 0.352. The summed E-state index contributed by atoms with van der Waals surface area (Å²) in [7, 11) is 0. The van der Waals surface area contributed by atoms with Crippen molar-refractivity contribution in [2.45, 2.75) is 33.2 Å². The number of carbonyl (C=O) groups is 1. The van der Waals surface area contributed by atoms with Crippen molar-refractivity contribution >= 4 is 5.91 Å². The largest absolute Gasteiger partial charge is 0.337 e. The third-order valence-electron chi connectivity index (χ3n) is 4.03. The lowest BCUT2D eigenvalue weighted by molar-refractivity contribution is -0.138. The average Bonchev–Trinajstić information content (AvgIpc) is 2.76. The van der Waals surface area contributed by atoms with Crippen molar-refractivity contribution in [1.29, 1.82) is 0 Å². The fourth-order valence-corrected chi connectivity index (χ4v) is 3.12. The first kappa shape index (κ1) is 13.8. The van der Waals surface area contributed by atoms with Crippen LogP contribution in [0.3, 0.4) is 0 Å². The molecule has 0 spiro atoms. The van der Waals surface area contributed by atoms with Crippen LogP contribution in [-0.2, 0) is 4.79 Å². The zero-order chi connectivity index (χ0) is 13.1. The van der Waals surface area contributed by atoms with Crippen LogP contribution in [0, 0.1) is 11.8 Å². The van der Waals surface area contributed by atoms with Crippen molar-refractivity contribution in [2.75, 3.05) is 39.3 Å². The van der Waals surface area contributed by atoms with Crippen molar-refractivity contribution in [2.24, 2.45) is 11.8 Å². The third kappa shape index (κ3) is 3.23. The molecule has 4 nitrogen and oxygen atoms in total. The van der Waals surface area contributed by atoms with Crippen molar-refractivity contribution in [3.8, 4) is 0 Å². The van der Waals surface area contributed by atoms with Gasteiger partial charge in [0.2, 0.25) is 5.91 Å². The molecule has 0 aromatic carbocycles. The molecule has 0 aliphatic carbocycles. The van der Waals surface area contributed by atoms with Crippen LogP contribution in [0.4, 0.5) is 0 Å². The maximum atomic E-state index is 12.5. The number of piperazine rings is 1. The highest BCUT2D eigenvalue weighted by Gasteiger charge is 2.33. The van der Waals surface area contributed by atoms with E-state index < -0.39 is 0 Å². The smallest absolute Gasteiger partial charge is 0.227 e. The molecule has 18 heavy (non-hydrogen) atoms. The summed E-state index contributed by atoms with van der Waals surface area (Å²) in [6.45, 7) is 12.6. The molecule has 1 N–H and O–H groups in total. The van der Waals surface area contributed by atoms with Crippen LogP contribution in [0.5, 0.6) is 0 Å². The molecule has 0 saturated carbocycles. The zero-order valence-electron chi connectivity index (χ0n) is 12.0. The summed E-state index contributed by atoms with van der Waals surface area (Å²) in [4.78, 5) is 17.0. The van der Waals surface area contributed by atoms with Crippen molar-refractivity contribution in [3.63, 3.8) is 0 Å². The van der Waals surface area contributed by atoms with Crippen LogP contribution in [-0.4, -0.2) is 61.0 Å². The molecule has 4 heteroatoms. The van der Waals surface area contributed by atoms with Crippen LogP contribution in [0.25, 0.3) is 0 Å². The van der Waals surface area contributed by atoms with Gasteiger partial charge in [-0.1, -0.05) is 13.8 Å². The number of amides is 1. The second-order valence-electron chi connectivity index (χ2n) is 6.22. The Hall–Kier alpha value is -0.610. The number of rotatable bonds is 3. The summed E-state index contributed by atoms with van der Waals surface area (Å²) in [5.41, 5.74) is 0. The van der Waals surface area contributed by atoms with Gasteiger partial charge in [0, 0.05) is 38.8 Å². The van der Waals surface area contributed by atoms with Crippen molar-refractivity contribution in [3.05, 3.63) is 0 Å². The fraction of sp³-hybridized carbons (Fsp3) is 0.929. The Bertz CT molecular complexity index is 293. The second kappa shape index (κ2) is 6.02. The van der Waals surface area contributed by atoms with Crippen LogP contribution >= 0.6 is 0 Å². The Morgan fingerprint density at radius 3 is 2.83 bits per heavy atom. The van der Waals surface area contributed by atoms with Gasteiger partial charge in [0.25, 0.3) is 0 Å². The van der Waals surface area contributed by atoms with Gasteiger partial charge in [-0.15, -0.1) is 0 Å². The molecule has 2 rings (SSSR count). The zero-order valence-corrected chi connectivity index (χ0v) is 12.0. The number of likely N-dealkylation sites (tertiary alicyclic amines) is 1. The summed E-state index contributed by atoms with van der Waals surface area (Å²) < 4.78 is 0. The van der Waals surface area contributed by atoms with Crippen LogP contribution in [0.15, 0.2) is 0 Å². The third-order valence-corrected chi connectivity index (χ3v) is 4.03. The van der Waals surface area contributed by atoms with Gasteiger partial charge in [-0.3, -0.25) is 4.79 Å². The lowest BCUT2D eigenvalue weighted by atomic mass is 10.1. The monoisotopic (exact) mass is 253 g/mol. The Balaban J connectivity index is 1.86. The van der Waals surface area contributed by atoms with Gasteiger partial charge in [-0.25, -0.2) is 0 Å². The first-order chi connectivity index (χ1) is 8.58. The van der Waals surface area contributed by atoms with Crippen LogP contribution < -0.4 is 5.32 Å². The van der Waals surface area contributed by atoms with Gasteiger partial charge < -0.3 is 15.1 Å². The van der Waals surface area contributed by atoms with Gasteiger partial charge >= 0.3 is 0 Å². The average molecular weight is 253 g/mol. The van der Waals surface area contributed by atoms with E-state index in [1.807, 2.05) is 0 Å². The molecule has 0 aromatic rings. The molecule has 0 bridgehead atoms. The summed E-state index contributed by atoms with van der Waals surface area (Å²) in [5.74, 6) is 1.32. The molecule has 2 saturated heterocycles. The first-order valence-electron chi connectivity index (χ1n) is 7.31. The first-order valence-corrected chi connectivity index (χ1v) is 7.31. The Labute approximate surface area is 111 Å². The van der Waals surface area contributed by atoms with Crippen molar-refractivity contribution < 1.29 is 4.79 Å². The molecule has 2 aliphatic rings. The van der Waals surface area contributed by atoms with E-state index in [9.17, 15) is 4.79 Å². The lowest BCUT2D eigenvalue weighted by Crippen LogP contribution is -2.54. The van der Waals surface area contributed by atoms with Crippen molar-refractivity contribution in [1.82, 2.24) is 15.1 Å². The van der Waals surface area contributed by atoms with Gasteiger partial charge in [-0.2, -0.15) is 0 Å². The molecule has 0 radical (unpaired) electrons. The number of nitrogens with one attached hydrogen (secondary N) is 1. The highest BCUT2D eigenvalue weighted by molar-refractivity contribution is 5.79. The van der Waals surface area contributed by atoms with Crippen LogP contribution in [0.2, 0.25) is 0 Å². The van der Waals surface area contributed by atoms with Gasteiger partial charge in [0.15, 0.2) is 0 Å². The van der Waals surface area contributed by atoms with Gasteiger partial charge in [0.1, 0.15) is 0 Å². The Morgan fingerprint density at radius 2 is 2.17 bits per heavy atom. The molecule has 104 valence electrons. The van der Waals surface area contributed by atoms with Gasteiger partial charge in [0.05, 0.1) is 5.92 Å². The molecular formula is C14H27N3O. The van der Waals surface area contributed by atoms with E-state index in [0.29, 0.717) is 17.9 Å². The summed E-state index contributed by atoms with van der Waals surface area (Å²) in [6.07, 6.45) is 1.04. The molecular weight excluding hydrogens is 226 g/mol. The van der Waals surface area contributed by atoms with E-state index >= 15 is 0 Å². The van der Waals surface area contributed by atoms with E-state index in [2.05, 4.69) is 35.9 Å². The normalized spacial score (nSPS) is 30.1. The Morgan fingerprint density at radius 1 is 1.39 bits per heavy atom. The highest BCUT2D eigenvalue weighted by Crippen LogP contribution is 2.21. The van der Waals surface area contributed by atoms with E-state index in [1.54, 1.807) is 0 Å². The Kier molecular flexibility index (Phi) is 4.62. The molecule has 2 heterocycles. The van der Waals surface area contributed by atoms with Gasteiger partial charge in [-0.05, 0) is 25.8 Å². The van der Waals surface area contributed by atoms with E-state index in [-0.39, 0.29) is 5.92 Å². The molecule has 0 aromatic heterocycles. The standard InChI is InChI=1S/C14H27N3O/c1-11(2)9-16-6-4-13(10-16)14(18)17-7-5-15-8-12(17)3/h11-13,15H,4-10H2,1-3H3/t12-,13+/m0/s1. The number of hydrogen-bond acceptors (Lipinski definition) is 3. The molecule has 2 atom stereocenters. The maximum absolute atomic E-state index is 12.5. The highest BCUT2D eigenvalue weighted by atomic mass is 16.2. The lowest BCUT2D eigenvalue weighted by Gasteiger charge is -2.35. The molecule has 2 aliphatic heterocycles. The summed E-state index contributed by atoms with van der Waals surface area (Å²) >= 11 is 0. The predicted molar refractivity (Wildman–Crippen MR) is 73.4 cm³/mol. The minimum atomic E-state index is 0.240. The summed E-state index contributed by atoms with van der Waals surface area (Å²) in [5, 5.41) is 3.34.